The van der Waals surface area contributed by atoms with Gasteiger partial charge in [-0.2, -0.15) is 0 Å². The molecule has 2 N–H and O–H groups in total. The summed E-state index contributed by atoms with van der Waals surface area (Å²) in [6.07, 6.45) is 6.41. The smallest absolute Gasteiger partial charge is 0.305 e. The van der Waals surface area contributed by atoms with Crippen LogP contribution in [0.25, 0.3) is 10.1 Å². The van der Waals surface area contributed by atoms with Crippen molar-refractivity contribution in [2.24, 2.45) is 17.8 Å². The monoisotopic (exact) mass is 502 g/mol. The summed E-state index contributed by atoms with van der Waals surface area (Å²) in [4.78, 5) is 24.7. The molecule has 4 atom stereocenters. The van der Waals surface area contributed by atoms with E-state index in [2.05, 4.69) is 16.6 Å². The molecule has 182 valence electrons. The molecule has 5 nitrogen and oxygen atoms in total. The summed E-state index contributed by atoms with van der Waals surface area (Å²) >= 11 is 8.15. The van der Waals surface area contributed by atoms with Crippen LogP contribution < -0.4 is 0 Å². The summed E-state index contributed by atoms with van der Waals surface area (Å²) in [6.45, 7) is -0.0721. The Labute approximate surface area is 209 Å². The SMILES string of the molecule is COC(=O)CCCC#CCC1C(=O)CC(CO)C1C=CC(O)CCc1sc2ccccc2c1Cl. The van der Waals surface area contributed by atoms with Crippen molar-refractivity contribution in [1.29, 1.82) is 0 Å². The largest absolute Gasteiger partial charge is 0.469 e. The van der Waals surface area contributed by atoms with Gasteiger partial charge in [-0.05, 0) is 37.2 Å². The quantitative estimate of drug-likeness (QED) is 0.208. The van der Waals surface area contributed by atoms with Crippen molar-refractivity contribution in [1.82, 2.24) is 0 Å². The number of rotatable bonds is 10. The van der Waals surface area contributed by atoms with E-state index < -0.39 is 6.10 Å². The average Bonchev–Trinajstić information content (AvgIpc) is 3.33. The molecular formula is C27H31ClO5S. The second-order valence-corrected chi connectivity index (χ2v) is 10.1. The number of Topliss-reactive ketones (excluding diaryl/α,β-unsaturated/α-hetero) is 1. The summed E-state index contributed by atoms with van der Waals surface area (Å²) in [5.74, 6) is 5.35. The molecule has 4 unspecified atom stereocenters. The van der Waals surface area contributed by atoms with Crippen LogP contribution in [0.3, 0.4) is 0 Å². The number of thiophene rings is 1. The van der Waals surface area contributed by atoms with Gasteiger partial charge in [-0.15, -0.1) is 23.2 Å². The third-order valence-corrected chi connectivity index (χ3v) is 8.08. The highest BCUT2D eigenvalue weighted by Gasteiger charge is 2.39. The molecule has 1 saturated carbocycles. The van der Waals surface area contributed by atoms with Gasteiger partial charge in [0.05, 0.1) is 18.2 Å². The molecule has 1 aromatic carbocycles. The molecule has 34 heavy (non-hydrogen) atoms. The second kappa shape index (κ2) is 13.1. The number of allylic oxidation sites excluding steroid dienone is 1. The minimum absolute atomic E-state index is 0.0721. The number of aliphatic hydroxyl groups is 2. The number of carbonyl (C=O) groups excluding carboxylic acids is 2. The Kier molecular flexibility index (Phi) is 10.2. The minimum atomic E-state index is -0.665. The number of aliphatic hydroxyl groups excluding tert-OH is 2. The number of hydrogen-bond acceptors (Lipinski definition) is 6. The number of unbranched alkanes of at least 4 members (excludes halogenated alkanes) is 1. The molecule has 0 bridgehead atoms. The lowest BCUT2D eigenvalue weighted by Crippen LogP contribution is -2.18. The Morgan fingerprint density at radius 2 is 2.15 bits per heavy atom. The van der Waals surface area contributed by atoms with E-state index in [1.54, 1.807) is 17.4 Å². The van der Waals surface area contributed by atoms with Crippen LogP contribution in [0.5, 0.6) is 0 Å². The second-order valence-electron chi connectivity index (χ2n) is 8.61. The zero-order valence-electron chi connectivity index (χ0n) is 19.3. The van der Waals surface area contributed by atoms with Crippen LogP contribution in [0.4, 0.5) is 0 Å². The van der Waals surface area contributed by atoms with Crippen molar-refractivity contribution in [3.63, 3.8) is 0 Å². The van der Waals surface area contributed by atoms with Gasteiger partial charge in [-0.1, -0.05) is 42.0 Å². The topological polar surface area (TPSA) is 83.8 Å². The first-order valence-electron chi connectivity index (χ1n) is 11.6. The first kappa shape index (κ1) is 26.4. The lowest BCUT2D eigenvalue weighted by Gasteiger charge is -2.18. The van der Waals surface area contributed by atoms with E-state index in [9.17, 15) is 19.8 Å². The highest BCUT2D eigenvalue weighted by atomic mass is 35.5. The van der Waals surface area contributed by atoms with E-state index in [0.29, 0.717) is 44.9 Å². The van der Waals surface area contributed by atoms with Crippen LogP contribution in [0.1, 0.15) is 43.4 Å². The minimum Gasteiger partial charge on any atom is -0.469 e. The van der Waals surface area contributed by atoms with Crippen LogP contribution >= 0.6 is 22.9 Å². The Balaban J connectivity index is 1.55. The van der Waals surface area contributed by atoms with Crippen molar-refractivity contribution < 1.29 is 24.5 Å². The van der Waals surface area contributed by atoms with Gasteiger partial charge in [0, 0.05) is 53.2 Å². The molecule has 7 heteroatoms. The van der Waals surface area contributed by atoms with Crippen molar-refractivity contribution in [3.05, 3.63) is 46.3 Å². The Bertz CT molecular complexity index is 1080. The zero-order valence-corrected chi connectivity index (χ0v) is 20.9. The number of ether oxygens (including phenoxy) is 1. The van der Waals surface area contributed by atoms with Crippen LogP contribution in [-0.4, -0.2) is 41.8 Å². The average molecular weight is 503 g/mol. The predicted octanol–water partition coefficient (Wildman–Crippen LogP) is 4.95. The summed E-state index contributed by atoms with van der Waals surface area (Å²) in [5, 5.41) is 22.1. The molecule has 1 aliphatic rings. The van der Waals surface area contributed by atoms with Gasteiger partial charge in [0.15, 0.2) is 0 Å². The van der Waals surface area contributed by atoms with Crippen molar-refractivity contribution in [3.8, 4) is 11.8 Å². The molecule has 1 fully saturated rings. The van der Waals surface area contributed by atoms with E-state index in [1.165, 1.54) is 7.11 Å². The fraction of sp³-hybridized carbons (Fsp3) is 0.481. The number of esters is 1. The summed E-state index contributed by atoms with van der Waals surface area (Å²) in [6, 6.07) is 7.99. The summed E-state index contributed by atoms with van der Waals surface area (Å²) in [7, 11) is 1.36. The fourth-order valence-corrected chi connectivity index (χ4v) is 5.91. The Morgan fingerprint density at radius 1 is 1.35 bits per heavy atom. The number of methoxy groups -OCH3 is 1. The van der Waals surface area contributed by atoms with Crippen LogP contribution in [0.15, 0.2) is 36.4 Å². The van der Waals surface area contributed by atoms with Gasteiger partial charge in [0.1, 0.15) is 5.78 Å². The maximum Gasteiger partial charge on any atom is 0.305 e. The van der Waals surface area contributed by atoms with Crippen LogP contribution in [-0.2, 0) is 20.7 Å². The van der Waals surface area contributed by atoms with Crippen molar-refractivity contribution in [2.45, 2.75) is 51.0 Å². The standard InChI is InChI=1S/C27H31ClO5S/c1-33-26(32)11-5-3-2-4-8-21-20(18(17-29)16-23(21)31)14-12-19(30)13-15-25-27(28)22-9-6-7-10-24(22)34-25/h6-7,9-10,12,14,18-21,29-30H,3,5,8,11,13,15-17H2,1H3. The van der Waals surface area contributed by atoms with E-state index in [4.69, 9.17) is 11.6 Å². The first-order valence-corrected chi connectivity index (χ1v) is 12.8. The zero-order chi connectivity index (χ0) is 24.5. The van der Waals surface area contributed by atoms with Gasteiger partial charge in [-0.3, -0.25) is 9.59 Å². The number of hydrogen-bond donors (Lipinski definition) is 2. The molecule has 3 rings (SSSR count). The molecule has 0 saturated heterocycles. The molecule has 0 spiro atoms. The molecule has 0 radical (unpaired) electrons. The maximum absolute atomic E-state index is 12.5. The van der Waals surface area contributed by atoms with E-state index in [-0.39, 0.29) is 36.1 Å². The van der Waals surface area contributed by atoms with Crippen molar-refractivity contribution in [2.75, 3.05) is 13.7 Å². The van der Waals surface area contributed by atoms with Gasteiger partial charge >= 0.3 is 5.97 Å². The number of halogens is 1. The number of aryl methyl sites for hydroxylation is 1. The first-order chi connectivity index (χ1) is 16.4. The number of carbonyl (C=O) groups is 2. The fourth-order valence-electron chi connectivity index (χ4n) is 4.37. The maximum atomic E-state index is 12.5. The third kappa shape index (κ3) is 6.93. The third-order valence-electron chi connectivity index (χ3n) is 6.30. The molecule has 1 aromatic heterocycles. The van der Waals surface area contributed by atoms with Crippen LogP contribution in [0.2, 0.25) is 5.02 Å². The van der Waals surface area contributed by atoms with Gasteiger partial charge < -0.3 is 14.9 Å². The van der Waals surface area contributed by atoms with Crippen molar-refractivity contribution >= 4 is 44.8 Å². The molecule has 0 amide bonds. The number of benzene rings is 1. The Hall–Kier alpha value is -2.17. The number of ketones is 1. The normalized spacial score (nSPS) is 21.1. The van der Waals surface area contributed by atoms with E-state index in [0.717, 1.165) is 20.0 Å². The Morgan fingerprint density at radius 3 is 2.88 bits per heavy atom. The highest BCUT2D eigenvalue weighted by Crippen LogP contribution is 2.38. The van der Waals surface area contributed by atoms with E-state index in [1.807, 2.05) is 30.3 Å². The summed E-state index contributed by atoms with van der Waals surface area (Å²) < 4.78 is 5.75. The highest BCUT2D eigenvalue weighted by molar-refractivity contribution is 7.19. The van der Waals surface area contributed by atoms with Gasteiger partial charge in [0.25, 0.3) is 0 Å². The molecule has 1 aliphatic carbocycles. The lowest BCUT2D eigenvalue weighted by atomic mass is 9.86. The summed E-state index contributed by atoms with van der Waals surface area (Å²) in [5.41, 5.74) is 0. The van der Waals surface area contributed by atoms with Gasteiger partial charge in [0.2, 0.25) is 0 Å². The molecular weight excluding hydrogens is 472 g/mol. The molecule has 2 aromatic rings. The number of fused-ring (bicyclic) bond motifs is 1. The van der Waals surface area contributed by atoms with Crippen LogP contribution in [0, 0.1) is 29.6 Å². The van der Waals surface area contributed by atoms with E-state index >= 15 is 0 Å². The molecule has 1 heterocycles. The lowest BCUT2D eigenvalue weighted by molar-refractivity contribution is -0.140. The molecule has 0 aliphatic heterocycles. The van der Waals surface area contributed by atoms with Gasteiger partial charge in [-0.25, -0.2) is 0 Å². The predicted molar refractivity (Wildman–Crippen MR) is 136 cm³/mol.